The van der Waals surface area contributed by atoms with Crippen LogP contribution < -0.4 is 5.73 Å². The second-order valence-corrected chi connectivity index (χ2v) is 5.28. The van der Waals surface area contributed by atoms with Crippen LogP contribution in [-0.2, 0) is 12.7 Å². The van der Waals surface area contributed by atoms with Gasteiger partial charge >= 0.3 is 6.18 Å². The van der Waals surface area contributed by atoms with Crippen LogP contribution in [-0.4, -0.2) is 26.1 Å². The number of alkyl halides is 3. The van der Waals surface area contributed by atoms with Gasteiger partial charge in [0.05, 0.1) is 29.5 Å². The van der Waals surface area contributed by atoms with Gasteiger partial charge in [-0.25, -0.2) is 19.3 Å². The van der Waals surface area contributed by atoms with Gasteiger partial charge in [-0.15, -0.1) is 0 Å². The first kappa shape index (κ1) is 17.0. The zero-order chi connectivity index (χ0) is 18.0. The summed E-state index contributed by atoms with van der Waals surface area (Å²) >= 11 is 0. The highest BCUT2D eigenvalue weighted by Gasteiger charge is 2.32. The van der Waals surface area contributed by atoms with Crippen molar-refractivity contribution in [1.29, 1.82) is 0 Å². The second kappa shape index (κ2) is 6.60. The maximum Gasteiger partial charge on any atom is 0.416 e. The Labute approximate surface area is 139 Å². The number of hydrogen-bond acceptors (Lipinski definition) is 4. The van der Waals surface area contributed by atoms with Crippen LogP contribution >= 0.6 is 0 Å². The fourth-order valence-electron chi connectivity index (χ4n) is 2.47. The number of allylic oxidation sites excluding steroid dienone is 1. The molecule has 25 heavy (non-hydrogen) atoms. The third-order valence-electron chi connectivity index (χ3n) is 3.59. The van der Waals surface area contributed by atoms with E-state index >= 15 is 0 Å². The van der Waals surface area contributed by atoms with Crippen LogP contribution in [0.5, 0.6) is 0 Å². The summed E-state index contributed by atoms with van der Waals surface area (Å²) in [7, 11) is 0. The number of nitrogens with zero attached hydrogens (tertiary/aromatic N) is 4. The van der Waals surface area contributed by atoms with E-state index in [9.17, 15) is 17.6 Å². The normalized spacial score (nSPS) is 12.8. The Kier molecular flexibility index (Phi) is 4.49. The molecule has 0 aliphatic rings. The zero-order valence-corrected chi connectivity index (χ0v) is 12.8. The molecule has 130 valence electrons. The van der Waals surface area contributed by atoms with Gasteiger partial charge in [-0.3, -0.25) is 0 Å². The molecule has 0 amide bonds. The van der Waals surface area contributed by atoms with Crippen LogP contribution in [0.25, 0.3) is 22.2 Å². The van der Waals surface area contributed by atoms with Gasteiger partial charge in [0.2, 0.25) is 0 Å². The molecular formula is C16H13F4N5. The maximum atomic E-state index is 13.7. The van der Waals surface area contributed by atoms with Crippen molar-refractivity contribution in [2.75, 3.05) is 6.54 Å². The molecule has 0 radical (unpaired) electrons. The minimum absolute atomic E-state index is 0.00112. The molecule has 5 nitrogen and oxygen atoms in total. The van der Waals surface area contributed by atoms with Crippen molar-refractivity contribution >= 4 is 11.0 Å². The fraction of sp³-hybridized carbons (Fsp3) is 0.188. The lowest BCUT2D eigenvalue weighted by Gasteiger charge is -2.11. The quantitative estimate of drug-likeness (QED) is 0.732. The Morgan fingerprint density at radius 2 is 1.92 bits per heavy atom. The van der Waals surface area contributed by atoms with Crippen molar-refractivity contribution in [3.63, 3.8) is 0 Å². The van der Waals surface area contributed by atoms with Gasteiger partial charge in [-0.2, -0.15) is 13.2 Å². The van der Waals surface area contributed by atoms with Crippen LogP contribution in [0.4, 0.5) is 17.6 Å². The summed E-state index contributed by atoms with van der Waals surface area (Å²) in [4.78, 5) is 11.8. The van der Waals surface area contributed by atoms with Gasteiger partial charge < -0.3 is 10.3 Å². The minimum Gasteiger partial charge on any atom is -0.327 e. The van der Waals surface area contributed by atoms with Crippen LogP contribution in [0.2, 0.25) is 0 Å². The van der Waals surface area contributed by atoms with E-state index in [0.29, 0.717) is 11.1 Å². The van der Waals surface area contributed by atoms with Crippen molar-refractivity contribution in [3.8, 4) is 11.1 Å². The number of rotatable bonds is 4. The third kappa shape index (κ3) is 3.50. The average Bonchev–Trinajstić information content (AvgIpc) is 2.97. The molecule has 0 spiro atoms. The lowest BCUT2D eigenvalue weighted by molar-refractivity contribution is -0.137. The monoisotopic (exact) mass is 351 g/mol. The molecule has 0 saturated heterocycles. The highest BCUT2D eigenvalue weighted by molar-refractivity contribution is 5.92. The molecule has 0 unspecified atom stereocenters. The first-order valence-electron chi connectivity index (χ1n) is 7.26. The molecule has 2 aromatic heterocycles. The Morgan fingerprint density at radius 3 is 2.56 bits per heavy atom. The molecule has 9 heteroatoms. The highest BCUT2D eigenvalue weighted by atomic mass is 19.4. The predicted octanol–water partition coefficient (Wildman–Crippen LogP) is 3.32. The lowest BCUT2D eigenvalue weighted by atomic mass is 10.0. The van der Waals surface area contributed by atoms with Crippen LogP contribution in [0.15, 0.2) is 49.1 Å². The summed E-state index contributed by atoms with van der Waals surface area (Å²) in [5.74, 6) is -0.552. The summed E-state index contributed by atoms with van der Waals surface area (Å²) in [6, 6.07) is 1.94. The number of benzene rings is 1. The maximum absolute atomic E-state index is 13.7. The molecule has 2 heterocycles. The standard InChI is InChI=1S/C16H13F4N5/c17-12(1-2-21)7-25-9-24-15-13(10-5-22-8-23-6-10)3-11(4-14(15)25)16(18,19)20/h1,3-6,8-9H,2,7,21H2/b12-1-. The Morgan fingerprint density at radius 1 is 1.20 bits per heavy atom. The fourth-order valence-corrected chi connectivity index (χ4v) is 2.47. The van der Waals surface area contributed by atoms with E-state index in [0.717, 1.165) is 18.2 Å². The molecule has 0 bridgehead atoms. The predicted molar refractivity (Wildman–Crippen MR) is 84.0 cm³/mol. The van der Waals surface area contributed by atoms with Crippen LogP contribution in [0.3, 0.4) is 0 Å². The Hall–Kier alpha value is -2.81. The average molecular weight is 351 g/mol. The van der Waals surface area contributed by atoms with Gasteiger partial charge in [0.1, 0.15) is 12.2 Å². The van der Waals surface area contributed by atoms with E-state index < -0.39 is 17.6 Å². The molecule has 0 aliphatic carbocycles. The van der Waals surface area contributed by atoms with Crippen molar-refractivity contribution in [1.82, 2.24) is 19.5 Å². The van der Waals surface area contributed by atoms with Gasteiger partial charge in [-0.1, -0.05) is 0 Å². The molecule has 2 N–H and O–H groups in total. The second-order valence-electron chi connectivity index (χ2n) is 5.28. The first-order valence-corrected chi connectivity index (χ1v) is 7.26. The summed E-state index contributed by atoms with van der Waals surface area (Å²) in [6.45, 7) is -0.251. The number of halogens is 4. The third-order valence-corrected chi connectivity index (χ3v) is 3.59. The first-order chi connectivity index (χ1) is 11.9. The van der Waals surface area contributed by atoms with Crippen LogP contribution in [0, 0.1) is 0 Å². The van der Waals surface area contributed by atoms with E-state index in [1.165, 1.54) is 29.6 Å². The smallest absolute Gasteiger partial charge is 0.327 e. The molecule has 0 saturated carbocycles. The van der Waals surface area contributed by atoms with Gasteiger partial charge in [0.15, 0.2) is 0 Å². The molecule has 1 aromatic carbocycles. The largest absolute Gasteiger partial charge is 0.416 e. The lowest BCUT2D eigenvalue weighted by Crippen LogP contribution is -2.06. The van der Waals surface area contributed by atoms with Gasteiger partial charge in [-0.05, 0) is 18.2 Å². The van der Waals surface area contributed by atoms with Crippen LogP contribution in [0.1, 0.15) is 5.56 Å². The number of hydrogen-bond donors (Lipinski definition) is 1. The summed E-state index contributed by atoms with van der Waals surface area (Å²) in [6.07, 6.45) is 1.97. The molecule has 3 rings (SSSR count). The SMILES string of the molecule is NC/C=C(\F)Cn1cnc2c(-c3cncnc3)cc(C(F)(F)F)cc21. The van der Waals surface area contributed by atoms with Crippen molar-refractivity contribution < 1.29 is 17.6 Å². The summed E-state index contributed by atoms with van der Waals surface area (Å²) in [5.41, 5.74) is 5.48. The van der Waals surface area contributed by atoms with Gasteiger partial charge in [0, 0.05) is 30.1 Å². The van der Waals surface area contributed by atoms with Gasteiger partial charge in [0.25, 0.3) is 0 Å². The van der Waals surface area contributed by atoms with E-state index in [2.05, 4.69) is 15.0 Å². The van der Waals surface area contributed by atoms with Crippen molar-refractivity contribution in [2.45, 2.75) is 12.7 Å². The molecule has 0 aliphatic heterocycles. The summed E-state index contributed by atoms with van der Waals surface area (Å²) < 4.78 is 54.9. The number of nitrogens with two attached hydrogens (primary N) is 1. The Bertz CT molecular complexity index is 915. The Balaban J connectivity index is 2.22. The zero-order valence-electron chi connectivity index (χ0n) is 12.8. The molecule has 0 atom stereocenters. The topological polar surface area (TPSA) is 69.6 Å². The van der Waals surface area contributed by atoms with Crippen molar-refractivity contribution in [2.24, 2.45) is 5.73 Å². The van der Waals surface area contributed by atoms with E-state index in [1.807, 2.05) is 0 Å². The number of aromatic nitrogens is 4. The van der Waals surface area contributed by atoms with E-state index in [4.69, 9.17) is 5.73 Å². The number of imidazole rings is 1. The summed E-state index contributed by atoms with van der Waals surface area (Å²) in [5, 5.41) is 0. The molecule has 3 aromatic rings. The number of fused-ring (bicyclic) bond motifs is 1. The minimum atomic E-state index is -4.56. The van der Waals surface area contributed by atoms with E-state index in [-0.39, 0.29) is 24.2 Å². The van der Waals surface area contributed by atoms with E-state index in [1.54, 1.807) is 0 Å². The molecular weight excluding hydrogens is 338 g/mol. The van der Waals surface area contributed by atoms with Crippen molar-refractivity contribution in [3.05, 3.63) is 54.6 Å². The highest BCUT2D eigenvalue weighted by Crippen LogP contribution is 2.36. The molecule has 0 fully saturated rings.